The van der Waals surface area contributed by atoms with Gasteiger partial charge in [0.15, 0.2) is 6.29 Å². The molecule has 0 unspecified atom stereocenters. The van der Waals surface area contributed by atoms with Crippen LogP contribution in [0.25, 0.3) is 0 Å². The minimum absolute atomic E-state index is 0.0250. The average molecular weight is 475 g/mol. The first-order valence-corrected chi connectivity index (χ1v) is 13.0. The van der Waals surface area contributed by atoms with Gasteiger partial charge < -0.3 is 19.3 Å². The third kappa shape index (κ3) is 15.8. The van der Waals surface area contributed by atoms with E-state index in [1.165, 1.54) is 0 Å². The van der Waals surface area contributed by atoms with Crippen LogP contribution in [0, 0.1) is 6.92 Å². The lowest BCUT2D eigenvalue weighted by Crippen LogP contribution is -2.21. The Hall–Kier alpha value is -1.95. The molecule has 1 N–H and O–H groups in total. The van der Waals surface area contributed by atoms with Gasteiger partial charge in [-0.25, -0.2) is 0 Å². The summed E-state index contributed by atoms with van der Waals surface area (Å²) in [5, 5.41) is 9.35. The fourth-order valence-electron chi connectivity index (χ4n) is 3.54. The van der Waals surface area contributed by atoms with Crippen molar-refractivity contribution in [2.24, 2.45) is 0 Å². The Morgan fingerprint density at radius 3 is 2.03 bits per heavy atom. The van der Waals surface area contributed by atoms with Crippen molar-refractivity contribution in [1.82, 2.24) is 0 Å². The molecule has 0 atom stereocenters. The number of rotatable bonds is 20. The summed E-state index contributed by atoms with van der Waals surface area (Å²) in [7, 11) is 0. The van der Waals surface area contributed by atoms with Gasteiger partial charge in [-0.3, -0.25) is 4.79 Å². The van der Waals surface area contributed by atoms with E-state index in [0.29, 0.717) is 19.6 Å². The second-order valence-electron chi connectivity index (χ2n) is 8.61. The van der Waals surface area contributed by atoms with E-state index < -0.39 is 0 Å². The van der Waals surface area contributed by atoms with Crippen molar-refractivity contribution in [3.05, 3.63) is 59.2 Å². The molecule has 0 amide bonds. The zero-order chi connectivity index (χ0) is 24.9. The van der Waals surface area contributed by atoms with E-state index in [1.54, 1.807) is 0 Å². The molecule has 1 aromatic rings. The second kappa shape index (κ2) is 20.4. The Morgan fingerprint density at radius 1 is 0.882 bits per heavy atom. The standard InChI is InChI=1S/C29H46O5/c1-4-6-8-10-12-14-18-32-29(33-19-15-13-11-9-7-5-2)17-16-28(31)34-24-27-21-25(3)20-26(22-27)23-30/h6-9,20-22,29-30H,4-5,10-19,23-24H2,1-3H3/b8-6-,9-7-. The number of benzene rings is 1. The summed E-state index contributed by atoms with van der Waals surface area (Å²) in [5.74, 6) is -0.265. The average Bonchev–Trinajstić information content (AvgIpc) is 2.83. The van der Waals surface area contributed by atoms with Crippen molar-refractivity contribution in [1.29, 1.82) is 0 Å². The molecule has 0 spiro atoms. The molecule has 0 saturated carbocycles. The number of carbonyl (C=O) groups excluding carboxylic acids is 1. The minimum Gasteiger partial charge on any atom is -0.461 e. The van der Waals surface area contributed by atoms with Crippen LogP contribution in [0.2, 0.25) is 0 Å². The Labute approximate surface area is 207 Å². The maximum Gasteiger partial charge on any atom is 0.306 e. The molecule has 0 aliphatic rings. The Bertz CT molecular complexity index is 686. The quantitative estimate of drug-likeness (QED) is 0.0959. The van der Waals surface area contributed by atoms with Crippen LogP contribution in [-0.2, 0) is 32.2 Å². The number of hydrogen-bond acceptors (Lipinski definition) is 5. The predicted octanol–water partition coefficient (Wildman–Crippen LogP) is 6.94. The van der Waals surface area contributed by atoms with Crippen LogP contribution < -0.4 is 0 Å². The molecule has 1 aromatic carbocycles. The summed E-state index contributed by atoms with van der Waals surface area (Å²) in [6.45, 7) is 7.68. The summed E-state index contributed by atoms with van der Waals surface area (Å²) in [5.41, 5.74) is 2.74. The number of ether oxygens (including phenoxy) is 3. The molecule has 1 rings (SSSR count). The van der Waals surface area contributed by atoms with Gasteiger partial charge in [-0.05, 0) is 69.4 Å². The first-order chi connectivity index (χ1) is 16.6. The van der Waals surface area contributed by atoms with Crippen LogP contribution in [0.15, 0.2) is 42.5 Å². The molecule has 5 nitrogen and oxygen atoms in total. The first-order valence-electron chi connectivity index (χ1n) is 13.0. The third-order valence-electron chi connectivity index (χ3n) is 5.31. The van der Waals surface area contributed by atoms with E-state index in [9.17, 15) is 9.90 Å². The van der Waals surface area contributed by atoms with Crippen LogP contribution in [-0.4, -0.2) is 30.6 Å². The highest BCUT2D eigenvalue weighted by atomic mass is 16.7. The molecule has 0 aliphatic heterocycles. The molecular weight excluding hydrogens is 428 g/mol. The van der Waals surface area contributed by atoms with Gasteiger partial charge >= 0.3 is 5.97 Å². The van der Waals surface area contributed by atoms with Crippen LogP contribution >= 0.6 is 0 Å². The highest BCUT2D eigenvalue weighted by molar-refractivity contribution is 5.69. The largest absolute Gasteiger partial charge is 0.461 e. The number of aryl methyl sites for hydroxylation is 1. The molecule has 5 heteroatoms. The molecule has 0 saturated heterocycles. The number of aliphatic hydroxyl groups excluding tert-OH is 1. The highest BCUT2D eigenvalue weighted by Crippen LogP contribution is 2.13. The Morgan fingerprint density at radius 2 is 1.47 bits per heavy atom. The number of unbranched alkanes of at least 4 members (excludes halogenated alkanes) is 4. The van der Waals surface area contributed by atoms with E-state index in [-0.39, 0.29) is 31.9 Å². The van der Waals surface area contributed by atoms with E-state index >= 15 is 0 Å². The maximum atomic E-state index is 12.3. The van der Waals surface area contributed by atoms with Crippen LogP contribution in [0.1, 0.15) is 94.7 Å². The first kappa shape index (κ1) is 30.1. The summed E-state index contributed by atoms with van der Waals surface area (Å²) in [6, 6.07) is 5.75. The summed E-state index contributed by atoms with van der Waals surface area (Å²) in [4.78, 5) is 12.3. The molecule has 0 aromatic heterocycles. The monoisotopic (exact) mass is 474 g/mol. The van der Waals surface area contributed by atoms with Crippen LogP contribution in [0.3, 0.4) is 0 Å². The highest BCUT2D eigenvalue weighted by Gasteiger charge is 2.14. The second-order valence-corrected chi connectivity index (χ2v) is 8.61. The van der Waals surface area contributed by atoms with Gasteiger partial charge in [0.2, 0.25) is 0 Å². The number of aliphatic hydroxyl groups is 1. The number of carbonyl (C=O) groups is 1. The molecular formula is C29H46O5. The number of esters is 1. The molecule has 34 heavy (non-hydrogen) atoms. The van der Waals surface area contributed by atoms with Gasteiger partial charge in [0.1, 0.15) is 6.61 Å². The smallest absolute Gasteiger partial charge is 0.306 e. The van der Waals surface area contributed by atoms with Gasteiger partial charge in [-0.2, -0.15) is 0 Å². The topological polar surface area (TPSA) is 65.0 Å². The van der Waals surface area contributed by atoms with Crippen molar-refractivity contribution in [2.75, 3.05) is 13.2 Å². The van der Waals surface area contributed by atoms with E-state index in [2.05, 4.69) is 38.2 Å². The van der Waals surface area contributed by atoms with Gasteiger partial charge in [0.05, 0.1) is 13.0 Å². The summed E-state index contributed by atoms with van der Waals surface area (Å²) in [6.07, 6.45) is 17.6. The molecule has 0 bridgehead atoms. The normalized spacial score (nSPS) is 11.8. The van der Waals surface area contributed by atoms with Gasteiger partial charge in [0.25, 0.3) is 0 Å². The Balaban J connectivity index is 2.40. The lowest BCUT2D eigenvalue weighted by molar-refractivity contribution is -0.160. The molecule has 192 valence electrons. The van der Waals surface area contributed by atoms with Crippen molar-refractivity contribution in [3.8, 4) is 0 Å². The maximum absolute atomic E-state index is 12.3. The van der Waals surface area contributed by atoms with Crippen molar-refractivity contribution < 1.29 is 24.1 Å². The van der Waals surface area contributed by atoms with Crippen molar-refractivity contribution >= 4 is 5.97 Å². The van der Waals surface area contributed by atoms with Crippen LogP contribution in [0.4, 0.5) is 0 Å². The number of allylic oxidation sites excluding steroid dienone is 4. The summed E-state index contributed by atoms with van der Waals surface area (Å²) >= 11 is 0. The lowest BCUT2D eigenvalue weighted by atomic mass is 10.1. The van der Waals surface area contributed by atoms with E-state index in [4.69, 9.17) is 14.2 Å². The fraction of sp³-hybridized carbons (Fsp3) is 0.621. The number of hydrogen-bond donors (Lipinski definition) is 1. The van der Waals surface area contributed by atoms with E-state index in [1.807, 2.05) is 25.1 Å². The summed E-state index contributed by atoms with van der Waals surface area (Å²) < 4.78 is 17.4. The van der Waals surface area contributed by atoms with Gasteiger partial charge in [-0.1, -0.05) is 61.9 Å². The fourth-order valence-corrected chi connectivity index (χ4v) is 3.54. The lowest BCUT2D eigenvalue weighted by Gasteiger charge is -2.18. The Kier molecular flexibility index (Phi) is 18.1. The minimum atomic E-state index is -0.384. The predicted molar refractivity (Wildman–Crippen MR) is 138 cm³/mol. The van der Waals surface area contributed by atoms with E-state index in [0.717, 1.165) is 68.1 Å². The third-order valence-corrected chi connectivity index (χ3v) is 5.31. The molecule has 0 fully saturated rings. The van der Waals surface area contributed by atoms with Crippen molar-refractivity contribution in [2.45, 2.75) is 104 Å². The molecule has 0 radical (unpaired) electrons. The SMILES string of the molecule is CC/C=C\CCCCOC(CCC(=O)OCc1cc(C)cc(CO)c1)OCCCC/C=C\CC. The zero-order valence-electron chi connectivity index (χ0n) is 21.6. The van der Waals surface area contributed by atoms with Gasteiger partial charge in [-0.15, -0.1) is 0 Å². The van der Waals surface area contributed by atoms with Crippen molar-refractivity contribution in [3.63, 3.8) is 0 Å². The van der Waals surface area contributed by atoms with Crippen LogP contribution in [0.5, 0.6) is 0 Å². The molecule has 0 aliphatic carbocycles. The zero-order valence-corrected chi connectivity index (χ0v) is 21.6. The van der Waals surface area contributed by atoms with Gasteiger partial charge in [0, 0.05) is 19.6 Å². The molecule has 0 heterocycles.